The summed E-state index contributed by atoms with van der Waals surface area (Å²) in [6, 6.07) is 12.5. The van der Waals surface area contributed by atoms with Gasteiger partial charge in [-0.3, -0.25) is 19.4 Å². The molecule has 0 aliphatic rings. The van der Waals surface area contributed by atoms with E-state index in [1.54, 1.807) is 65.8 Å². The topological polar surface area (TPSA) is 87.4 Å². The Labute approximate surface area is 136 Å². The maximum Gasteiger partial charge on any atom is 0.264 e. The number of rotatable bonds is 2. The maximum absolute atomic E-state index is 12.8. The first-order valence-corrected chi connectivity index (χ1v) is 7.28. The largest absolute Gasteiger partial charge is 0.285 e. The number of nitrogens with zero attached hydrogens (tertiary/aromatic N) is 4. The zero-order chi connectivity index (χ0) is 16.5. The smallest absolute Gasteiger partial charge is 0.264 e. The minimum Gasteiger partial charge on any atom is -0.285 e. The standard InChI is InChI=1S/C18H11N5O/c19-8-12-3-5-14(6-4-12)23-11-16(13-9-21-22-10-13)17-15(18(23)24)2-1-7-20-17/h1-7,9-11H,(H,21,22). The number of H-pyrrole nitrogens is 1. The molecule has 4 aromatic rings. The summed E-state index contributed by atoms with van der Waals surface area (Å²) >= 11 is 0. The van der Waals surface area contributed by atoms with E-state index in [4.69, 9.17) is 5.26 Å². The number of pyridine rings is 2. The van der Waals surface area contributed by atoms with Crippen molar-refractivity contribution in [1.29, 1.82) is 5.26 Å². The average molecular weight is 313 g/mol. The van der Waals surface area contributed by atoms with Gasteiger partial charge in [-0.2, -0.15) is 10.4 Å². The Morgan fingerprint density at radius 1 is 1.17 bits per heavy atom. The minimum atomic E-state index is -0.157. The van der Waals surface area contributed by atoms with Crippen LogP contribution in [0.5, 0.6) is 0 Å². The van der Waals surface area contributed by atoms with E-state index in [0.717, 1.165) is 11.1 Å². The second-order valence-electron chi connectivity index (χ2n) is 5.26. The average Bonchev–Trinajstić information content (AvgIpc) is 3.17. The van der Waals surface area contributed by atoms with Gasteiger partial charge in [0, 0.05) is 35.4 Å². The van der Waals surface area contributed by atoms with E-state index < -0.39 is 0 Å². The van der Waals surface area contributed by atoms with Crippen molar-refractivity contribution in [3.8, 4) is 22.9 Å². The summed E-state index contributed by atoms with van der Waals surface area (Å²) in [4.78, 5) is 17.2. The lowest BCUT2D eigenvalue weighted by molar-refractivity contribution is 1.01. The van der Waals surface area contributed by atoms with Crippen molar-refractivity contribution < 1.29 is 0 Å². The Morgan fingerprint density at radius 2 is 2.00 bits per heavy atom. The van der Waals surface area contributed by atoms with Gasteiger partial charge in [0.1, 0.15) is 0 Å². The van der Waals surface area contributed by atoms with Crippen molar-refractivity contribution in [1.82, 2.24) is 19.7 Å². The molecule has 0 saturated carbocycles. The van der Waals surface area contributed by atoms with Gasteiger partial charge in [-0.05, 0) is 36.4 Å². The first kappa shape index (κ1) is 13.9. The number of hydrogen-bond acceptors (Lipinski definition) is 4. The zero-order valence-electron chi connectivity index (χ0n) is 12.5. The van der Waals surface area contributed by atoms with Crippen molar-refractivity contribution >= 4 is 10.9 Å². The van der Waals surface area contributed by atoms with Gasteiger partial charge >= 0.3 is 0 Å². The minimum absolute atomic E-state index is 0.157. The molecule has 6 nitrogen and oxygen atoms in total. The summed E-state index contributed by atoms with van der Waals surface area (Å²) in [7, 11) is 0. The first-order valence-electron chi connectivity index (χ1n) is 7.28. The second-order valence-corrected chi connectivity index (χ2v) is 5.26. The van der Waals surface area contributed by atoms with Crippen LogP contribution in [0.3, 0.4) is 0 Å². The van der Waals surface area contributed by atoms with Crippen LogP contribution in [0.15, 0.2) is 66.0 Å². The van der Waals surface area contributed by atoms with Crippen molar-refractivity contribution in [2.45, 2.75) is 0 Å². The van der Waals surface area contributed by atoms with Crippen LogP contribution in [0.25, 0.3) is 27.7 Å². The summed E-state index contributed by atoms with van der Waals surface area (Å²) in [6.07, 6.45) is 6.87. The van der Waals surface area contributed by atoms with Crippen molar-refractivity contribution in [2.75, 3.05) is 0 Å². The monoisotopic (exact) mass is 313 g/mol. The molecule has 114 valence electrons. The summed E-state index contributed by atoms with van der Waals surface area (Å²) in [6.45, 7) is 0. The van der Waals surface area contributed by atoms with E-state index in [-0.39, 0.29) is 5.56 Å². The van der Waals surface area contributed by atoms with E-state index in [2.05, 4.69) is 21.3 Å². The van der Waals surface area contributed by atoms with Gasteiger partial charge in [-0.1, -0.05) is 0 Å². The van der Waals surface area contributed by atoms with Gasteiger partial charge in [-0.15, -0.1) is 0 Å². The Hall–Kier alpha value is -3.72. The molecule has 6 heteroatoms. The maximum atomic E-state index is 12.8. The van der Waals surface area contributed by atoms with Gasteiger partial charge in [0.25, 0.3) is 5.56 Å². The highest BCUT2D eigenvalue weighted by Crippen LogP contribution is 2.25. The van der Waals surface area contributed by atoms with Crippen LogP contribution in [0.2, 0.25) is 0 Å². The lowest BCUT2D eigenvalue weighted by Crippen LogP contribution is -2.18. The van der Waals surface area contributed by atoms with Crippen molar-refractivity contribution in [3.63, 3.8) is 0 Å². The van der Waals surface area contributed by atoms with Crippen molar-refractivity contribution in [3.05, 3.63) is 77.1 Å². The summed E-state index contributed by atoms with van der Waals surface area (Å²) < 4.78 is 1.56. The fourth-order valence-corrected chi connectivity index (χ4v) is 2.67. The molecule has 0 fully saturated rings. The van der Waals surface area contributed by atoms with E-state index in [9.17, 15) is 4.79 Å². The van der Waals surface area contributed by atoms with Gasteiger partial charge in [0.2, 0.25) is 0 Å². The van der Waals surface area contributed by atoms with Crippen LogP contribution in [0.4, 0.5) is 0 Å². The molecule has 0 radical (unpaired) electrons. The molecule has 3 heterocycles. The third-order valence-corrected chi connectivity index (χ3v) is 3.85. The van der Waals surface area contributed by atoms with E-state index in [0.29, 0.717) is 22.2 Å². The molecule has 0 unspecified atom stereocenters. The Kier molecular flexibility index (Phi) is 3.18. The van der Waals surface area contributed by atoms with Gasteiger partial charge in [-0.25, -0.2) is 0 Å². The first-order chi connectivity index (χ1) is 11.8. The van der Waals surface area contributed by atoms with Gasteiger partial charge in [0.15, 0.2) is 0 Å². The Bertz CT molecular complexity index is 1120. The SMILES string of the molecule is N#Cc1ccc(-n2cc(-c3cn[nH]c3)c3ncccc3c2=O)cc1. The number of nitrogens with one attached hydrogen (secondary N) is 1. The summed E-state index contributed by atoms with van der Waals surface area (Å²) in [5, 5.41) is 16.2. The molecule has 0 aliphatic carbocycles. The number of fused-ring (bicyclic) bond motifs is 1. The predicted octanol–water partition coefficient (Wildman–Crippen LogP) is 2.65. The van der Waals surface area contributed by atoms with Crippen LogP contribution in [-0.2, 0) is 0 Å². The highest BCUT2D eigenvalue weighted by molar-refractivity contribution is 5.92. The van der Waals surface area contributed by atoms with Gasteiger partial charge in [0.05, 0.1) is 28.7 Å². The van der Waals surface area contributed by atoms with E-state index >= 15 is 0 Å². The summed E-state index contributed by atoms with van der Waals surface area (Å²) in [5.74, 6) is 0. The van der Waals surface area contributed by atoms with E-state index in [1.807, 2.05) is 0 Å². The molecule has 3 aromatic heterocycles. The molecule has 0 aliphatic heterocycles. The normalized spacial score (nSPS) is 10.6. The van der Waals surface area contributed by atoms with Crippen LogP contribution < -0.4 is 5.56 Å². The molecule has 0 amide bonds. The zero-order valence-corrected chi connectivity index (χ0v) is 12.5. The molecule has 1 N–H and O–H groups in total. The van der Waals surface area contributed by atoms with E-state index in [1.165, 1.54) is 0 Å². The molecule has 1 aromatic carbocycles. The number of aromatic amines is 1. The van der Waals surface area contributed by atoms with Gasteiger partial charge < -0.3 is 0 Å². The third-order valence-electron chi connectivity index (χ3n) is 3.85. The van der Waals surface area contributed by atoms with Crippen molar-refractivity contribution in [2.24, 2.45) is 0 Å². The molecular weight excluding hydrogens is 302 g/mol. The highest BCUT2D eigenvalue weighted by atomic mass is 16.1. The number of aromatic nitrogens is 4. The molecule has 0 bridgehead atoms. The Morgan fingerprint density at radius 3 is 2.71 bits per heavy atom. The Balaban J connectivity index is 2.04. The van der Waals surface area contributed by atoms with Crippen LogP contribution in [0.1, 0.15) is 5.56 Å². The molecular formula is C18H11N5O. The van der Waals surface area contributed by atoms with Crippen LogP contribution in [0, 0.1) is 11.3 Å². The number of benzene rings is 1. The fourth-order valence-electron chi connectivity index (χ4n) is 2.67. The second kappa shape index (κ2) is 5.48. The predicted molar refractivity (Wildman–Crippen MR) is 89.6 cm³/mol. The molecule has 0 spiro atoms. The fraction of sp³-hybridized carbons (Fsp3) is 0. The third kappa shape index (κ3) is 2.16. The lowest BCUT2D eigenvalue weighted by Gasteiger charge is -2.11. The highest BCUT2D eigenvalue weighted by Gasteiger charge is 2.13. The number of hydrogen-bond donors (Lipinski definition) is 1. The molecule has 24 heavy (non-hydrogen) atoms. The quantitative estimate of drug-likeness (QED) is 0.616. The van der Waals surface area contributed by atoms with Crippen LogP contribution in [-0.4, -0.2) is 19.7 Å². The summed E-state index contributed by atoms with van der Waals surface area (Å²) in [5.41, 5.74) is 3.37. The van der Waals surface area contributed by atoms with Crippen LogP contribution >= 0.6 is 0 Å². The molecule has 0 atom stereocenters. The molecule has 0 saturated heterocycles. The number of nitriles is 1. The molecule has 4 rings (SSSR count). The lowest BCUT2D eigenvalue weighted by atomic mass is 10.1.